The van der Waals surface area contributed by atoms with Gasteiger partial charge in [0.15, 0.2) is 0 Å². The van der Waals surface area contributed by atoms with Crippen molar-refractivity contribution in [2.24, 2.45) is 5.10 Å². The second-order valence-corrected chi connectivity index (χ2v) is 8.42. The number of hydrogen-bond donors (Lipinski definition) is 0. The molecule has 26 heavy (non-hydrogen) atoms. The minimum absolute atomic E-state index is 0.104. The Hall–Kier alpha value is -2.26. The quantitative estimate of drug-likeness (QED) is 0.752. The molecule has 140 valence electrons. The average molecular weight is 378 g/mol. The fourth-order valence-corrected chi connectivity index (χ4v) is 3.87. The van der Waals surface area contributed by atoms with Crippen molar-refractivity contribution < 1.29 is 18.0 Å². The van der Waals surface area contributed by atoms with Gasteiger partial charge in [0.05, 0.1) is 12.8 Å². The van der Waals surface area contributed by atoms with Gasteiger partial charge in [-0.25, -0.2) is 13.4 Å². The smallest absolute Gasteiger partial charge is 0.270 e. The number of sulfonamides is 1. The van der Waals surface area contributed by atoms with Gasteiger partial charge in [0.2, 0.25) is 15.9 Å². The topological polar surface area (TPSA) is 90.4 Å². The van der Waals surface area contributed by atoms with E-state index in [1.807, 2.05) is 30.3 Å². The zero-order valence-electron chi connectivity index (χ0n) is 14.7. The second-order valence-electron chi connectivity index (χ2n) is 6.44. The van der Waals surface area contributed by atoms with E-state index >= 15 is 0 Å². The van der Waals surface area contributed by atoms with Gasteiger partial charge in [0.25, 0.3) is 5.91 Å². The van der Waals surface area contributed by atoms with Crippen LogP contribution in [0.3, 0.4) is 0 Å². The van der Waals surface area contributed by atoms with Crippen LogP contribution in [0.4, 0.5) is 0 Å². The molecule has 0 unspecified atom stereocenters. The summed E-state index contributed by atoms with van der Waals surface area (Å²) in [5.41, 5.74) is 1.30. The number of benzene rings is 1. The Morgan fingerprint density at radius 3 is 2.35 bits per heavy atom. The molecule has 0 bridgehead atoms. The average Bonchev–Trinajstić information content (AvgIpc) is 2.63. The Morgan fingerprint density at radius 2 is 1.73 bits per heavy atom. The van der Waals surface area contributed by atoms with Crippen LogP contribution in [0.25, 0.3) is 0 Å². The molecule has 3 rings (SSSR count). The normalized spacial score (nSPS) is 19.4. The SMILES string of the molecule is CS(=O)(=O)N1CCN(C(=O)C2=NN(Cc3ccccc3)C(=O)CC2)CC1. The lowest BCUT2D eigenvalue weighted by Gasteiger charge is -2.34. The van der Waals surface area contributed by atoms with Crippen LogP contribution >= 0.6 is 0 Å². The summed E-state index contributed by atoms with van der Waals surface area (Å²) in [7, 11) is -3.24. The lowest BCUT2D eigenvalue weighted by molar-refractivity contribution is -0.132. The van der Waals surface area contributed by atoms with Crippen LogP contribution in [0.15, 0.2) is 35.4 Å². The fourth-order valence-electron chi connectivity index (χ4n) is 3.04. The van der Waals surface area contributed by atoms with E-state index < -0.39 is 10.0 Å². The van der Waals surface area contributed by atoms with Gasteiger partial charge in [0.1, 0.15) is 5.71 Å². The molecule has 0 aromatic heterocycles. The number of nitrogens with zero attached hydrogens (tertiary/aromatic N) is 4. The number of rotatable bonds is 4. The highest BCUT2D eigenvalue weighted by Crippen LogP contribution is 2.16. The van der Waals surface area contributed by atoms with Crippen LogP contribution in [0.2, 0.25) is 0 Å². The van der Waals surface area contributed by atoms with Gasteiger partial charge in [-0.2, -0.15) is 9.41 Å². The first kappa shape index (κ1) is 18.5. The molecule has 0 saturated carbocycles. The van der Waals surface area contributed by atoms with Crippen LogP contribution in [0.1, 0.15) is 18.4 Å². The zero-order valence-corrected chi connectivity index (χ0v) is 15.5. The summed E-state index contributed by atoms with van der Waals surface area (Å²) >= 11 is 0. The molecule has 9 heteroatoms. The molecule has 2 heterocycles. The number of carbonyl (C=O) groups is 2. The second kappa shape index (κ2) is 7.55. The molecule has 1 aromatic carbocycles. The highest BCUT2D eigenvalue weighted by atomic mass is 32.2. The standard InChI is InChI=1S/C17H22N4O4S/c1-26(24,25)20-11-9-19(10-12-20)17(23)15-7-8-16(22)21(18-15)13-14-5-3-2-4-6-14/h2-6H,7-13H2,1H3. The molecule has 1 fully saturated rings. The minimum Gasteiger partial charge on any atom is -0.335 e. The van der Waals surface area contributed by atoms with Crippen molar-refractivity contribution in [3.05, 3.63) is 35.9 Å². The number of piperazine rings is 1. The lowest BCUT2D eigenvalue weighted by atomic mass is 10.1. The minimum atomic E-state index is -3.24. The molecule has 0 atom stereocenters. The van der Waals surface area contributed by atoms with Gasteiger partial charge in [-0.1, -0.05) is 30.3 Å². The van der Waals surface area contributed by atoms with Gasteiger partial charge in [-0.15, -0.1) is 0 Å². The molecule has 1 saturated heterocycles. The first-order valence-electron chi connectivity index (χ1n) is 8.51. The maximum atomic E-state index is 12.7. The van der Waals surface area contributed by atoms with Crippen LogP contribution in [-0.2, 0) is 26.2 Å². The summed E-state index contributed by atoms with van der Waals surface area (Å²) < 4.78 is 24.5. The largest absolute Gasteiger partial charge is 0.335 e. The van der Waals surface area contributed by atoms with Crippen LogP contribution in [-0.4, -0.2) is 72.6 Å². The van der Waals surface area contributed by atoms with Gasteiger partial charge < -0.3 is 4.90 Å². The summed E-state index contributed by atoms with van der Waals surface area (Å²) in [6.45, 7) is 1.56. The molecule has 8 nitrogen and oxygen atoms in total. The number of hydrazone groups is 1. The molecule has 2 aliphatic rings. The summed E-state index contributed by atoms with van der Waals surface area (Å²) in [4.78, 5) is 26.4. The number of hydrogen-bond acceptors (Lipinski definition) is 5. The van der Waals surface area contributed by atoms with Crippen molar-refractivity contribution in [1.82, 2.24) is 14.2 Å². The van der Waals surface area contributed by atoms with Gasteiger partial charge in [-0.05, 0) is 5.56 Å². The molecule has 0 spiro atoms. The van der Waals surface area contributed by atoms with E-state index in [0.29, 0.717) is 31.8 Å². The fraction of sp³-hybridized carbons (Fsp3) is 0.471. The Kier molecular flexibility index (Phi) is 5.38. The maximum absolute atomic E-state index is 12.7. The molecule has 1 aromatic rings. The van der Waals surface area contributed by atoms with E-state index in [2.05, 4.69) is 5.10 Å². The zero-order chi connectivity index (χ0) is 18.7. The molecule has 2 aliphatic heterocycles. The van der Waals surface area contributed by atoms with Crippen molar-refractivity contribution in [2.75, 3.05) is 32.4 Å². The summed E-state index contributed by atoms with van der Waals surface area (Å²) in [6.07, 6.45) is 1.73. The van der Waals surface area contributed by atoms with E-state index in [-0.39, 0.29) is 31.3 Å². The molecular weight excluding hydrogens is 356 g/mol. The van der Waals surface area contributed by atoms with Crippen molar-refractivity contribution in [3.63, 3.8) is 0 Å². The van der Waals surface area contributed by atoms with Gasteiger partial charge in [-0.3, -0.25) is 9.59 Å². The highest BCUT2D eigenvalue weighted by molar-refractivity contribution is 7.88. The van der Waals surface area contributed by atoms with E-state index in [1.165, 1.54) is 15.6 Å². The monoisotopic (exact) mass is 378 g/mol. The molecule has 2 amide bonds. The lowest BCUT2D eigenvalue weighted by Crippen LogP contribution is -2.52. The van der Waals surface area contributed by atoms with Gasteiger partial charge >= 0.3 is 0 Å². The number of carbonyl (C=O) groups excluding carboxylic acids is 2. The number of amides is 2. The Labute approximate surface area is 153 Å². The van der Waals surface area contributed by atoms with Crippen molar-refractivity contribution in [1.29, 1.82) is 0 Å². The van der Waals surface area contributed by atoms with Crippen molar-refractivity contribution in [2.45, 2.75) is 19.4 Å². The first-order chi connectivity index (χ1) is 12.3. The third kappa shape index (κ3) is 4.28. The van der Waals surface area contributed by atoms with Crippen LogP contribution in [0, 0.1) is 0 Å². The van der Waals surface area contributed by atoms with E-state index in [4.69, 9.17) is 0 Å². The summed E-state index contributed by atoms with van der Waals surface area (Å²) in [5.74, 6) is -0.323. The van der Waals surface area contributed by atoms with E-state index in [0.717, 1.165) is 5.56 Å². The third-order valence-corrected chi connectivity index (χ3v) is 5.83. The van der Waals surface area contributed by atoms with Crippen molar-refractivity contribution >= 4 is 27.5 Å². The predicted octanol–water partition coefficient (Wildman–Crippen LogP) is 0.269. The first-order valence-corrected chi connectivity index (χ1v) is 10.4. The predicted molar refractivity (Wildman–Crippen MR) is 96.7 cm³/mol. The highest BCUT2D eigenvalue weighted by Gasteiger charge is 2.31. The summed E-state index contributed by atoms with van der Waals surface area (Å²) in [6, 6.07) is 9.49. The Balaban J connectivity index is 1.67. The molecule has 0 N–H and O–H groups in total. The Morgan fingerprint density at radius 1 is 1.08 bits per heavy atom. The molecular formula is C17H22N4O4S. The molecule has 0 aliphatic carbocycles. The van der Waals surface area contributed by atoms with Crippen molar-refractivity contribution in [3.8, 4) is 0 Å². The van der Waals surface area contributed by atoms with E-state index in [1.54, 1.807) is 4.90 Å². The van der Waals surface area contributed by atoms with Gasteiger partial charge in [0, 0.05) is 39.0 Å². The third-order valence-electron chi connectivity index (χ3n) is 4.52. The molecule has 0 radical (unpaired) electrons. The summed E-state index contributed by atoms with van der Waals surface area (Å²) in [5, 5.41) is 5.62. The maximum Gasteiger partial charge on any atom is 0.270 e. The van der Waals surface area contributed by atoms with Crippen LogP contribution < -0.4 is 0 Å². The van der Waals surface area contributed by atoms with E-state index in [9.17, 15) is 18.0 Å². The van der Waals surface area contributed by atoms with Crippen LogP contribution in [0.5, 0.6) is 0 Å². The Bertz CT molecular complexity index is 814.